The fourth-order valence-corrected chi connectivity index (χ4v) is 3.35. The number of nitrogens with one attached hydrogen (secondary N) is 2. The Labute approximate surface area is 171 Å². The van der Waals surface area contributed by atoms with Crippen LogP contribution < -0.4 is 10.6 Å². The van der Waals surface area contributed by atoms with Crippen molar-refractivity contribution >= 4 is 23.2 Å². The number of rotatable bonds is 8. The number of anilines is 2. The fourth-order valence-electron chi connectivity index (χ4n) is 3.35. The molecule has 1 fully saturated rings. The summed E-state index contributed by atoms with van der Waals surface area (Å²) in [6.07, 6.45) is 2.37. The molecule has 0 aliphatic heterocycles. The smallest absolute Gasteiger partial charge is 0.238 e. The second kappa shape index (κ2) is 9.35. The Hall–Kier alpha value is -3.17. The molecule has 2 amide bonds. The van der Waals surface area contributed by atoms with Gasteiger partial charge in [-0.3, -0.25) is 14.5 Å². The van der Waals surface area contributed by atoms with Crippen LogP contribution in [-0.2, 0) is 9.59 Å². The highest BCUT2D eigenvalue weighted by Crippen LogP contribution is 2.27. The summed E-state index contributed by atoms with van der Waals surface area (Å²) < 4.78 is 0. The van der Waals surface area contributed by atoms with Gasteiger partial charge in [-0.25, -0.2) is 0 Å². The maximum Gasteiger partial charge on any atom is 0.238 e. The van der Waals surface area contributed by atoms with Crippen LogP contribution in [0.3, 0.4) is 0 Å². The minimum atomic E-state index is -0.159. The summed E-state index contributed by atoms with van der Waals surface area (Å²) >= 11 is 0. The Morgan fingerprint density at radius 2 is 1.72 bits per heavy atom. The van der Waals surface area contributed by atoms with Crippen LogP contribution in [-0.4, -0.2) is 35.8 Å². The number of hydrogen-bond acceptors (Lipinski definition) is 4. The number of carbonyl (C=O) groups excluding carboxylic acids is 2. The largest absolute Gasteiger partial charge is 0.325 e. The number of hydrogen-bond donors (Lipinski definition) is 2. The van der Waals surface area contributed by atoms with Crippen molar-refractivity contribution < 1.29 is 9.59 Å². The van der Waals surface area contributed by atoms with E-state index < -0.39 is 0 Å². The van der Waals surface area contributed by atoms with E-state index in [0.717, 1.165) is 29.7 Å². The number of nitrogens with zero attached hydrogens (tertiary/aromatic N) is 2. The molecule has 2 aromatic rings. The molecule has 0 bridgehead atoms. The molecule has 0 aromatic heterocycles. The number of para-hydroxylation sites is 2. The van der Waals surface area contributed by atoms with Gasteiger partial charge in [-0.1, -0.05) is 30.3 Å². The van der Waals surface area contributed by atoms with Gasteiger partial charge in [0.2, 0.25) is 11.8 Å². The lowest BCUT2D eigenvalue weighted by Gasteiger charge is -2.22. The van der Waals surface area contributed by atoms with E-state index in [0.29, 0.717) is 23.8 Å². The first-order valence-electron chi connectivity index (χ1n) is 9.87. The van der Waals surface area contributed by atoms with Crippen LogP contribution >= 0.6 is 0 Å². The van der Waals surface area contributed by atoms with Crippen molar-refractivity contribution in [3.63, 3.8) is 0 Å². The molecule has 29 heavy (non-hydrogen) atoms. The van der Waals surface area contributed by atoms with E-state index >= 15 is 0 Å². The fraction of sp³-hybridized carbons (Fsp3) is 0.348. The molecule has 6 heteroatoms. The van der Waals surface area contributed by atoms with Crippen molar-refractivity contribution in [3.05, 3.63) is 59.2 Å². The van der Waals surface area contributed by atoms with Crippen molar-refractivity contribution in [2.24, 2.45) is 0 Å². The summed E-state index contributed by atoms with van der Waals surface area (Å²) in [6, 6.07) is 15.3. The molecule has 3 rings (SSSR count). The molecule has 2 N–H and O–H groups in total. The van der Waals surface area contributed by atoms with Gasteiger partial charge in [0.1, 0.15) is 6.07 Å². The van der Waals surface area contributed by atoms with Gasteiger partial charge < -0.3 is 10.6 Å². The zero-order valence-electron chi connectivity index (χ0n) is 16.9. The molecule has 2 aromatic carbocycles. The highest BCUT2D eigenvalue weighted by atomic mass is 16.2. The molecular formula is C23H26N4O2. The molecule has 1 aliphatic carbocycles. The number of nitriles is 1. The summed E-state index contributed by atoms with van der Waals surface area (Å²) in [4.78, 5) is 27.0. The molecule has 1 aliphatic rings. The van der Waals surface area contributed by atoms with Gasteiger partial charge in [0.05, 0.1) is 17.8 Å². The first kappa shape index (κ1) is 20.6. The molecule has 0 saturated heterocycles. The quantitative estimate of drug-likeness (QED) is 0.721. The third kappa shape index (κ3) is 5.66. The van der Waals surface area contributed by atoms with Gasteiger partial charge in [0.15, 0.2) is 0 Å². The number of aryl methyl sites for hydroxylation is 2. The lowest BCUT2D eigenvalue weighted by atomic mass is 10.1. The maximum atomic E-state index is 12.6. The van der Waals surface area contributed by atoms with Gasteiger partial charge >= 0.3 is 0 Å². The molecule has 6 nitrogen and oxygen atoms in total. The predicted molar refractivity (Wildman–Crippen MR) is 114 cm³/mol. The number of amides is 2. The Morgan fingerprint density at radius 3 is 2.38 bits per heavy atom. The van der Waals surface area contributed by atoms with Crippen molar-refractivity contribution in [2.75, 3.05) is 23.7 Å². The minimum Gasteiger partial charge on any atom is -0.325 e. The number of benzene rings is 2. The van der Waals surface area contributed by atoms with Crippen LogP contribution in [0.5, 0.6) is 0 Å². The van der Waals surface area contributed by atoms with Gasteiger partial charge in [0.25, 0.3) is 0 Å². The summed E-state index contributed by atoms with van der Waals surface area (Å²) in [5, 5.41) is 14.9. The topological polar surface area (TPSA) is 85.2 Å². The normalized spacial score (nSPS) is 13.0. The van der Waals surface area contributed by atoms with Crippen LogP contribution in [0, 0.1) is 25.2 Å². The van der Waals surface area contributed by atoms with E-state index in [4.69, 9.17) is 5.26 Å². The van der Waals surface area contributed by atoms with Crippen LogP contribution in [0.1, 0.15) is 36.0 Å². The highest BCUT2D eigenvalue weighted by Gasteiger charge is 2.30. The predicted octanol–water partition coefficient (Wildman–Crippen LogP) is 3.61. The molecule has 1 saturated carbocycles. The molecular weight excluding hydrogens is 364 g/mol. The molecule has 0 radical (unpaired) electrons. The van der Waals surface area contributed by atoms with Crippen LogP contribution in [0.2, 0.25) is 0 Å². The first-order chi connectivity index (χ1) is 14.0. The van der Waals surface area contributed by atoms with Gasteiger partial charge in [-0.2, -0.15) is 5.26 Å². The van der Waals surface area contributed by atoms with E-state index in [1.807, 2.05) is 32.0 Å². The minimum absolute atomic E-state index is 0.0652. The third-order valence-corrected chi connectivity index (χ3v) is 5.10. The van der Waals surface area contributed by atoms with Gasteiger partial charge in [-0.15, -0.1) is 0 Å². The van der Waals surface area contributed by atoms with Crippen molar-refractivity contribution in [2.45, 2.75) is 39.2 Å². The molecule has 0 unspecified atom stereocenters. The third-order valence-electron chi connectivity index (χ3n) is 5.10. The second-order valence-corrected chi connectivity index (χ2v) is 7.47. The Bertz CT molecular complexity index is 924. The lowest BCUT2D eigenvalue weighted by molar-refractivity contribution is -0.119. The van der Waals surface area contributed by atoms with Crippen molar-refractivity contribution in [3.8, 4) is 6.07 Å². The first-order valence-corrected chi connectivity index (χ1v) is 9.87. The standard InChI is InChI=1S/C23H26N4O2/c1-16-6-5-7-17(2)23(16)26-22(29)15-27(19-10-11-19)13-12-21(28)25-20-9-4-3-8-18(20)14-24/h3-9,19H,10-13,15H2,1-2H3,(H,25,28)(H,26,29). The Balaban J connectivity index is 1.55. The highest BCUT2D eigenvalue weighted by molar-refractivity contribution is 5.94. The van der Waals surface area contributed by atoms with Crippen LogP contribution in [0.25, 0.3) is 0 Å². The molecule has 0 atom stereocenters. The summed E-state index contributed by atoms with van der Waals surface area (Å²) in [7, 11) is 0. The van der Waals surface area contributed by atoms with E-state index in [2.05, 4.69) is 21.6 Å². The summed E-state index contributed by atoms with van der Waals surface area (Å²) in [5.41, 5.74) is 3.89. The van der Waals surface area contributed by atoms with Crippen LogP contribution in [0.15, 0.2) is 42.5 Å². The van der Waals surface area contributed by atoms with E-state index in [1.54, 1.807) is 24.3 Å². The van der Waals surface area contributed by atoms with Crippen molar-refractivity contribution in [1.82, 2.24) is 4.90 Å². The van der Waals surface area contributed by atoms with Gasteiger partial charge in [0, 0.05) is 24.7 Å². The lowest BCUT2D eigenvalue weighted by Crippen LogP contribution is -2.37. The average Bonchev–Trinajstić information content (AvgIpc) is 3.54. The van der Waals surface area contributed by atoms with Crippen LogP contribution in [0.4, 0.5) is 11.4 Å². The Morgan fingerprint density at radius 1 is 1.03 bits per heavy atom. The van der Waals surface area contributed by atoms with E-state index in [1.165, 1.54) is 0 Å². The summed E-state index contributed by atoms with van der Waals surface area (Å²) in [6.45, 7) is 4.72. The van der Waals surface area contributed by atoms with E-state index in [9.17, 15) is 9.59 Å². The summed E-state index contributed by atoms with van der Waals surface area (Å²) in [5.74, 6) is -0.224. The Kier molecular flexibility index (Phi) is 6.63. The van der Waals surface area contributed by atoms with Crippen molar-refractivity contribution in [1.29, 1.82) is 5.26 Å². The zero-order valence-corrected chi connectivity index (χ0v) is 16.9. The monoisotopic (exact) mass is 390 g/mol. The molecule has 0 heterocycles. The SMILES string of the molecule is Cc1cccc(C)c1NC(=O)CN(CCC(=O)Nc1ccccc1C#N)C1CC1. The average molecular weight is 390 g/mol. The van der Waals surface area contributed by atoms with E-state index in [-0.39, 0.29) is 24.8 Å². The molecule has 150 valence electrons. The molecule has 0 spiro atoms. The number of carbonyl (C=O) groups is 2. The maximum absolute atomic E-state index is 12.6. The zero-order chi connectivity index (χ0) is 20.8. The second-order valence-electron chi connectivity index (χ2n) is 7.47. The van der Waals surface area contributed by atoms with Gasteiger partial charge in [-0.05, 0) is 49.9 Å².